The van der Waals surface area contributed by atoms with Gasteiger partial charge in [-0.2, -0.15) is 0 Å². The highest BCUT2D eigenvalue weighted by Gasteiger charge is 2.12. The third-order valence-corrected chi connectivity index (χ3v) is 1.58. The van der Waals surface area contributed by atoms with E-state index < -0.39 is 0 Å². The fraction of sp³-hybridized carbons (Fsp3) is 0.857. The average molecular weight is 160 g/mol. The summed E-state index contributed by atoms with van der Waals surface area (Å²) < 4.78 is 3.24. The van der Waals surface area contributed by atoms with Gasteiger partial charge in [0.15, 0.2) is 12.8 Å². The first-order valence-electron chi connectivity index (χ1n) is 3.69. The Balaban J connectivity index is 2.96. The number of carbonyl (C=O) groups is 1. The van der Waals surface area contributed by atoms with Crippen LogP contribution in [0.3, 0.4) is 0 Å². The van der Waals surface area contributed by atoms with Gasteiger partial charge in [0.05, 0.1) is 6.42 Å². The summed E-state index contributed by atoms with van der Waals surface area (Å²) in [5.41, 5.74) is 0. The van der Waals surface area contributed by atoms with Gasteiger partial charge in [0, 0.05) is 0 Å². The van der Waals surface area contributed by atoms with E-state index in [-0.39, 0.29) is 5.91 Å². The molecule has 0 N–H and O–H groups in total. The molecule has 0 aromatic heterocycles. The van der Waals surface area contributed by atoms with Crippen LogP contribution in [0, 0.1) is 0 Å². The number of hydrogen-bond acceptors (Lipinski definition) is 2. The highest BCUT2D eigenvalue weighted by atomic mass is 32.1. The molecule has 0 unspecified atom stereocenters. The smallest absolute Gasteiger partial charge is 0.217 e. The van der Waals surface area contributed by atoms with Crippen LogP contribution < -0.4 is 4.72 Å². The average Bonchev–Trinajstić information content (AvgIpc) is 1.98. The van der Waals surface area contributed by atoms with Crippen LogP contribution in [0.15, 0.2) is 0 Å². The maximum atomic E-state index is 10.5. The highest BCUT2D eigenvalue weighted by Crippen LogP contribution is 2.02. The molecule has 0 aromatic carbocycles. The van der Waals surface area contributed by atoms with Gasteiger partial charge in [-0.25, -0.2) is 4.79 Å². The van der Waals surface area contributed by atoms with Crippen molar-refractivity contribution in [1.29, 1.82) is 0 Å². The summed E-state index contributed by atoms with van der Waals surface area (Å²) in [4.78, 5) is 10.5. The second kappa shape index (κ2) is 7.09. The third-order valence-electron chi connectivity index (χ3n) is 1.36. The number of rotatable bonds is 5. The van der Waals surface area contributed by atoms with Crippen molar-refractivity contribution in [2.24, 2.45) is 0 Å². The zero-order valence-corrected chi connectivity index (χ0v) is 7.23. The first-order chi connectivity index (χ1) is 4.81. The molecule has 0 heterocycles. The molecule has 1 amide bonds. The van der Waals surface area contributed by atoms with E-state index in [0.717, 1.165) is 12.8 Å². The Kier molecular flexibility index (Phi) is 7.08. The van der Waals surface area contributed by atoms with Gasteiger partial charge < -0.3 is 0 Å². The molecular formula is C7H14NOS+. The molecule has 10 heavy (non-hydrogen) atoms. The maximum Gasteiger partial charge on any atom is 0.437 e. The normalized spacial score (nSPS) is 9.80. The molecule has 0 aromatic rings. The predicted octanol–water partition coefficient (Wildman–Crippen LogP) is 1.93. The molecular weight excluding hydrogens is 146 g/mol. The lowest BCUT2D eigenvalue weighted by molar-refractivity contribution is -0.119. The van der Waals surface area contributed by atoms with E-state index >= 15 is 0 Å². The topological polar surface area (TPSA) is 31.2 Å². The van der Waals surface area contributed by atoms with E-state index in [2.05, 4.69) is 24.5 Å². The molecule has 0 aliphatic rings. The molecule has 0 fully saturated rings. The standard InChI is InChI=1S/C7H14NOS/c1-2-3-4-5-6-7(9)8-10/h10H,2-6H2,1H3/q+1. The fourth-order valence-electron chi connectivity index (χ4n) is 0.753. The molecule has 0 bridgehead atoms. The maximum absolute atomic E-state index is 10.5. The molecule has 58 valence electrons. The van der Waals surface area contributed by atoms with Gasteiger partial charge in [-0.15, -0.1) is 0 Å². The Morgan fingerprint density at radius 1 is 1.40 bits per heavy atom. The van der Waals surface area contributed by atoms with E-state index in [1.807, 2.05) is 0 Å². The Morgan fingerprint density at radius 3 is 2.60 bits per heavy atom. The second-order valence-corrected chi connectivity index (χ2v) is 2.50. The monoisotopic (exact) mass is 160 g/mol. The van der Waals surface area contributed by atoms with Crippen LogP contribution in [-0.4, -0.2) is 5.91 Å². The van der Waals surface area contributed by atoms with Crippen LogP contribution in [-0.2, 0) is 4.79 Å². The van der Waals surface area contributed by atoms with Crippen molar-refractivity contribution in [3.8, 4) is 0 Å². The van der Waals surface area contributed by atoms with E-state index in [1.54, 1.807) is 0 Å². The number of carbonyl (C=O) groups excluding carboxylic acids is 1. The van der Waals surface area contributed by atoms with Crippen molar-refractivity contribution in [2.45, 2.75) is 39.0 Å². The minimum absolute atomic E-state index is 0.0977. The van der Waals surface area contributed by atoms with E-state index in [1.165, 1.54) is 12.8 Å². The molecule has 0 rings (SSSR count). The first-order valence-corrected chi connectivity index (χ1v) is 4.09. The molecule has 0 spiro atoms. The van der Waals surface area contributed by atoms with Gasteiger partial charge in [0.25, 0.3) is 0 Å². The van der Waals surface area contributed by atoms with Crippen molar-refractivity contribution >= 4 is 18.7 Å². The number of hydrogen-bond donors (Lipinski definition) is 1. The summed E-state index contributed by atoms with van der Waals surface area (Å²) in [6.07, 6.45) is 5.05. The predicted molar refractivity (Wildman–Crippen MR) is 44.9 cm³/mol. The van der Waals surface area contributed by atoms with Gasteiger partial charge in [-0.3, -0.25) is 0 Å². The molecule has 0 saturated heterocycles. The van der Waals surface area contributed by atoms with Gasteiger partial charge in [0.1, 0.15) is 0 Å². The van der Waals surface area contributed by atoms with Gasteiger partial charge in [-0.1, -0.05) is 26.2 Å². The second-order valence-electron chi connectivity index (χ2n) is 2.30. The summed E-state index contributed by atoms with van der Waals surface area (Å²) in [5.74, 6) is -0.0977. The molecule has 3 heteroatoms. The van der Waals surface area contributed by atoms with E-state index in [4.69, 9.17) is 0 Å². The molecule has 0 atom stereocenters. The fourth-order valence-corrected chi connectivity index (χ4v) is 0.853. The number of amides is 1. The van der Waals surface area contributed by atoms with E-state index in [0.29, 0.717) is 6.42 Å². The lowest BCUT2D eigenvalue weighted by atomic mass is 10.1. The van der Waals surface area contributed by atoms with Gasteiger partial charge >= 0.3 is 5.91 Å². The van der Waals surface area contributed by atoms with Crippen molar-refractivity contribution < 1.29 is 4.79 Å². The van der Waals surface area contributed by atoms with Crippen molar-refractivity contribution in [3.05, 3.63) is 0 Å². The van der Waals surface area contributed by atoms with Crippen molar-refractivity contribution in [2.75, 3.05) is 0 Å². The molecule has 0 saturated carbocycles. The minimum atomic E-state index is -0.0977. The van der Waals surface area contributed by atoms with Crippen LogP contribution in [0.1, 0.15) is 39.0 Å². The Hall–Kier alpha value is -0.0200. The largest absolute Gasteiger partial charge is 0.437 e. The molecule has 0 aliphatic heterocycles. The zero-order chi connectivity index (χ0) is 7.82. The highest BCUT2D eigenvalue weighted by molar-refractivity contribution is 7.78. The van der Waals surface area contributed by atoms with Crippen LogP contribution >= 0.6 is 12.8 Å². The van der Waals surface area contributed by atoms with E-state index in [9.17, 15) is 4.79 Å². The summed E-state index contributed by atoms with van der Waals surface area (Å²) in [6, 6.07) is 0. The SMILES string of the molecule is CCCCCCC(=O)[N+]S. The Morgan fingerprint density at radius 2 is 2.10 bits per heavy atom. The van der Waals surface area contributed by atoms with Crippen LogP contribution in [0.25, 0.3) is 0 Å². The Bertz CT molecular complexity index is 95.6. The lowest BCUT2D eigenvalue weighted by Gasteiger charge is -1.90. The summed E-state index contributed by atoms with van der Waals surface area (Å²) in [6.45, 7) is 2.14. The molecule has 2 radical (unpaired) electrons. The van der Waals surface area contributed by atoms with Crippen molar-refractivity contribution in [3.63, 3.8) is 0 Å². The summed E-state index contributed by atoms with van der Waals surface area (Å²) in [7, 11) is 0. The number of unbranched alkanes of at least 4 members (excludes halogenated alkanes) is 3. The van der Waals surface area contributed by atoms with Gasteiger partial charge in [0.2, 0.25) is 4.72 Å². The van der Waals surface area contributed by atoms with Crippen molar-refractivity contribution in [1.82, 2.24) is 4.72 Å². The number of nitrogens with zero attached hydrogens (tertiary/aromatic N) is 1. The molecule has 0 aliphatic carbocycles. The zero-order valence-electron chi connectivity index (χ0n) is 6.34. The van der Waals surface area contributed by atoms with Crippen LogP contribution in [0.5, 0.6) is 0 Å². The lowest BCUT2D eigenvalue weighted by Crippen LogP contribution is -2.04. The minimum Gasteiger partial charge on any atom is -0.217 e. The quantitative estimate of drug-likeness (QED) is 0.483. The first kappa shape index (κ1) is 9.98. The van der Waals surface area contributed by atoms with Gasteiger partial charge in [-0.05, 0) is 6.42 Å². The summed E-state index contributed by atoms with van der Waals surface area (Å²) >= 11 is 3.52. The van der Waals surface area contributed by atoms with Crippen LogP contribution in [0.4, 0.5) is 0 Å². The summed E-state index contributed by atoms with van der Waals surface area (Å²) in [5, 5.41) is 0. The number of thiol groups is 1. The Labute approximate surface area is 67.9 Å². The third kappa shape index (κ3) is 6.11. The molecule has 2 nitrogen and oxygen atoms in total. The van der Waals surface area contributed by atoms with Crippen LogP contribution in [0.2, 0.25) is 0 Å².